The van der Waals surface area contributed by atoms with E-state index in [2.05, 4.69) is 20.5 Å². The molecule has 2 fully saturated rings. The molecule has 1 unspecified atom stereocenters. The molecule has 3 rings (SSSR count). The molecule has 0 radical (unpaired) electrons. The summed E-state index contributed by atoms with van der Waals surface area (Å²) in [6, 6.07) is 0.390. The van der Waals surface area contributed by atoms with E-state index < -0.39 is 0 Å². The van der Waals surface area contributed by atoms with Crippen molar-refractivity contribution in [1.82, 2.24) is 20.5 Å². The highest BCUT2D eigenvalue weighted by Gasteiger charge is 2.24. The first-order valence-corrected chi connectivity index (χ1v) is 6.17. The van der Waals surface area contributed by atoms with Gasteiger partial charge in [0.1, 0.15) is 5.82 Å². The van der Waals surface area contributed by atoms with Crippen molar-refractivity contribution in [3.05, 3.63) is 11.6 Å². The SMILES string of the molecule is C1CNC(c2nc(C3CCOCC3)n[nH]2)C1. The van der Waals surface area contributed by atoms with Crippen LogP contribution in [-0.4, -0.2) is 34.9 Å². The number of aromatic amines is 1. The second-order valence-electron chi connectivity index (χ2n) is 4.61. The van der Waals surface area contributed by atoms with Crippen molar-refractivity contribution >= 4 is 0 Å². The Kier molecular flexibility index (Phi) is 2.88. The monoisotopic (exact) mass is 222 g/mol. The van der Waals surface area contributed by atoms with Gasteiger partial charge in [-0.3, -0.25) is 5.10 Å². The largest absolute Gasteiger partial charge is 0.381 e. The summed E-state index contributed by atoms with van der Waals surface area (Å²) < 4.78 is 5.35. The minimum absolute atomic E-state index is 0.390. The van der Waals surface area contributed by atoms with Gasteiger partial charge in [0, 0.05) is 19.1 Å². The van der Waals surface area contributed by atoms with Crippen molar-refractivity contribution in [3.63, 3.8) is 0 Å². The molecule has 1 aromatic rings. The molecule has 0 bridgehead atoms. The lowest BCUT2D eigenvalue weighted by Gasteiger charge is -2.18. The fourth-order valence-corrected chi connectivity index (χ4v) is 2.50. The van der Waals surface area contributed by atoms with Crippen LogP contribution in [0, 0.1) is 0 Å². The maximum Gasteiger partial charge on any atom is 0.154 e. The van der Waals surface area contributed by atoms with Gasteiger partial charge in [0.15, 0.2) is 5.82 Å². The highest BCUT2D eigenvalue weighted by Crippen LogP contribution is 2.26. The van der Waals surface area contributed by atoms with E-state index in [1.807, 2.05) is 0 Å². The van der Waals surface area contributed by atoms with Crippen LogP contribution in [0.15, 0.2) is 0 Å². The van der Waals surface area contributed by atoms with Crippen molar-refractivity contribution < 1.29 is 4.74 Å². The molecule has 2 aliphatic heterocycles. The lowest BCUT2D eigenvalue weighted by Crippen LogP contribution is -2.16. The Morgan fingerprint density at radius 3 is 2.81 bits per heavy atom. The van der Waals surface area contributed by atoms with Gasteiger partial charge in [-0.2, -0.15) is 5.10 Å². The van der Waals surface area contributed by atoms with E-state index in [0.29, 0.717) is 12.0 Å². The Morgan fingerprint density at radius 1 is 1.19 bits per heavy atom. The minimum Gasteiger partial charge on any atom is -0.381 e. The van der Waals surface area contributed by atoms with Crippen molar-refractivity contribution in [2.45, 2.75) is 37.6 Å². The van der Waals surface area contributed by atoms with Crippen LogP contribution in [-0.2, 0) is 4.74 Å². The number of hydrogen-bond acceptors (Lipinski definition) is 4. The summed E-state index contributed by atoms with van der Waals surface area (Å²) in [7, 11) is 0. The van der Waals surface area contributed by atoms with Crippen LogP contribution >= 0.6 is 0 Å². The third-order valence-electron chi connectivity index (χ3n) is 3.50. The molecular weight excluding hydrogens is 204 g/mol. The molecule has 88 valence electrons. The molecule has 0 amide bonds. The van der Waals surface area contributed by atoms with Gasteiger partial charge in [-0.05, 0) is 32.2 Å². The van der Waals surface area contributed by atoms with Crippen LogP contribution in [0.2, 0.25) is 0 Å². The zero-order valence-corrected chi connectivity index (χ0v) is 9.41. The van der Waals surface area contributed by atoms with Gasteiger partial charge in [0.05, 0.1) is 6.04 Å². The maximum atomic E-state index is 5.35. The predicted octanol–water partition coefficient (Wildman–Crippen LogP) is 1.12. The van der Waals surface area contributed by atoms with E-state index >= 15 is 0 Å². The molecule has 0 saturated carbocycles. The third-order valence-corrected chi connectivity index (χ3v) is 3.50. The molecule has 0 spiro atoms. The van der Waals surface area contributed by atoms with Crippen LogP contribution in [0.3, 0.4) is 0 Å². The predicted molar refractivity (Wildman–Crippen MR) is 59.2 cm³/mol. The molecular formula is C11H18N4O. The summed E-state index contributed by atoms with van der Waals surface area (Å²) >= 11 is 0. The van der Waals surface area contributed by atoms with Gasteiger partial charge >= 0.3 is 0 Å². The van der Waals surface area contributed by atoms with Crippen LogP contribution < -0.4 is 5.32 Å². The number of ether oxygens (including phenoxy) is 1. The first kappa shape index (κ1) is 10.2. The number of aromatic nitrogens is 3. The second-order valence-corrected chi connectivity index (χ2v) is 4.61. The zero-order valence-electron chi connectivity index (χ0n) is 9.41. The summed E-state index contributed by atoms with van der Waals surface area (Å²) in [5, 5.41) is 10.9. The average Bonchev–Trinajstić information content (AvgIpc) is 3.01. The minimum atomic E-state index is 0.390. The number of rotatable bonds is 2. The van der Waals surface area contributed by atoms with Gasteiger partial charge in [0.25, 0.3) is 0 Å². The van der Waals surface area contributed by atoms with Crippen LogP contribution in [0.25, 0.3) is 0 Å². The Labute approximate surface area is 95.0 Å². The molecule has 2 saturated heterocycles. The van der Waals surface area contributed by atoms with E-state index in [1.165, 1.54) is 12.8 Å². The Balaban J connectivity index is 1.71. The summed E-state index contributed by atoms with van der Waals surface area (Å²) in [5.74, 6) is 2.48. The molecule has 1 atom stereocenters. The second kappa shape index (κ2) is 4.51. The van der Waals surface area contributed by atoms with E-state index in [4.69, 9.17) is 4.74 Å². The van der Waals surface area contributed by atoms with Gasteiger partial charge in [0.2, 0.25) is 0 Å². The third kappa shape index (κ3) is 1.97. The molecule has 2 aliphatic rings. The number of hydrogen-bond donors (Lipinski definition) is 2. The summed E-state index contributed by atoms with van der Waals surface area (Å²) in [4.78, 5) is 4.63. The normalized spacial score (nSPS) is 27.4. The van der Waals surface area contributed by atoms with Crippen LogP contribution in [0.4, 0.5) is 0 Å². The summed E-state index contributed by atoms with van der Waals surface area (Å²) in [6.07, 6.45) is 4.51. The lowest BCUT2D eigenvalue weighted by molar-refractivity contribution is 0.0836. The van der Waals surface area contributed by atoms with Gasteiger partial charge in [-0.15, -0.1) is 0 Å². The van der Waals surface area contributed by atoms with Crippen molar-refractivity contribution in [2.75, 3.05) is 19.8 Å². The number of H-pyrrole nitrogens is 1. The first-order valence-electron chi connectivity index (χ1n) is 6.17. The average molecular weight is 222 g/mol. The molecule has 2 N–H and O–H groups in total. The van der Waals surface area contributed by atoms with E-state index in [0.717, 1.165) is 44.2 Å². The molecule has 0 aromatic carbocycles. The molecule has 5 heteroatoms. The molecule has 1 aromatic heterocycles. The standard InChI is InChI=1S/C11H18N4O/c1-2-9(12-5-1)11-13-10(14-15-11)8-3-6-16-7-4-8/h8-9,12H,1-7H2,(H,13,14,15). The van der Waals surface area contributed by atoms with Crippen LogP contribution in [0.1, 0.15) is 49.3 Å². The molecule has 3 heterocycles. The smallest absolute Gasteiger partial charge is 0.154 e. The van der Waals surface area contributed by atoms with E-state index in [-0.39, 0.29) is 0 Å². The topological polar surface area (TPSA) is 62.8 Å². The highest BCUT2D eigenvalue weighted by atomic mass is 16.5. The number of nitrogens with zero attached hydrogens (tertiary/aromatic N) is 2. The van der Waals surface area contributed by atoms with Gasteiger partial charge < -0.3 is 10.1 Å². The summed E-state index contributed by atoms with van der Waals surface area (Å²) in [6.45, 7) is 2.78. The van der Waals surface area contributed by atoms with Crippen molar-refractivity contribution in [1.29, 1.82) is 0 Å². The van der Waals surface area contributed by atoms with Gasteiger partial charge in [-0.1, -0.05) is 0 Å². The lowest BCUT2D eigenvalue weighted by atomic mass is 10.00. The molecule has 0 aliphatic carbocycles. The Morgan fingerprint density at radius 2 is 2.06 bits per heavy atom. The van der Waals surface area contributed by atoms with Gasteiger partial charge in [-0.25, -0.2) is 4.98 Å². The fraction of sp³-hybridized carbons (Fsp3) is 0.818. The van der Waals surface area contributed by atoms with Crippen molar-refractivity contribution in [3.8, 4) is 0 Å². The first-order chi connectivity index (χ1) is 7.93. The fourth-order valence-electron chi connectivity index (χ4n) is 2.50. The molecule has 5 nitrogen and oxygen atoms in total. The zero-order chi connectivity index (χ0) is 10.8. The Bertz CT molecular complexity index is 340. The van der Waals surface area contributed by atoms with E-state index in [1.54, 1.807) is 0 Å². The Hall–Kier alpha value is -0.940. The van der Waals surface area contributed by atoms with Crippen LogP contribution in [0.5, 0.6) is 0 Å². The highest BCUT2D eigenvalue weighted by molar-refractivity contribution is 5.03. The number of nitrogens with one attached hydrogen (secondary N) is 2. The maximum absolute atomic E-state index is 5.35. The molecule has 16 heavy (non-hydrogen) atoms. The summed E-state index contributed by atoms with van der Waals surface area (Å²) in [5.41, 5.74) is 0. The quantitative estimate of drug-likeness (QED) is 0.787. The van der Waals surface area contributed by atoms with Crippen molar-refractivity contribution in [2.24, 2.45) is 0 Å². The van der Waals surface area contributed by atoms with E-state index in [9.17, 15) is 0 Å².